The molecule has 17 heavy (non-hydrogen) atoms. The summed E-state index contributed by atoms with van der Waals surface area (Å²) >= 11 is 0. The highest BCUT2D eigenvalue weighted by molar-refractivity contribution is 7.17. The third-order valence-electron chi connectivity index (χ3n) is 2.08. The fraction of sp³-hybridized carbons (Fsp3) is 0.364. The minimum atomic E-state index is -0.929. The first-order valence-electron chi connectivity index (χ1n) is 5.07. The van der Waals surface area contributed by atoms with Gasteiger partial charge in [-0.15, -0.1) is 0 Å². The molecular weight excluding hydrogens is 243 g/mol. The number of carboxylic acid groups (broad SMARTS) is 1. The maximum Gasteiger partial charge on any atom is 0.327 e. The number of carbonyl (C=O) groups is 1. The summed E-state index contributed by atoms with van der Waals surface area (Å²) in [4.78, 5) is 10.7. The van der Waals surface area contributed by atoms with E-state index in [1.165, 1.54) is 0 Å². The molecule has 0 heterocycles. The molecule has 0 aliphatic heterocycles. The lowest BCUT2D eigenvalue weighted by atomic mass is 10.1. The summed E-state index contributed by atoms with van der Waals surface area (Å²) in [5, 5.41) is 8.79. The molecule has 0 saturated carbocycles. The van der Waals surface area contributed by atoms with Gasteiger partial charge in [0.05, 0.1) is 25.7 Å². The van der Waals surface area contributed by atoms with Crippen molar-refractivity contribution in [3.05, 3.63) is 35.9 Å². The normalized spacial score (nSPS) is 12.5. The van der Waals surface area contributed by atoms with Crippen molar-refractivity contribution >= 4 is 14.7 Å². The summed E-state index contributed by atoms with van der Waals surface area (Å²) in [7, 11) is -0.403. The van der Waals surface area contributed by atoms with Gasteiger partial charge >= 0.3 is 14.7 Å². The number of rotatable bonds is 8. The van der Waals surface area contributed by atoms with Gasteiger partial charge in [-0.2, -0.15) is 0 Å². The van der Waals surface area contributed by atoms with Crippen molar-refractivity contribution in [2.45, 2.75) is 12.5 Å². The minimum absolute atomic E-state index is 0.112. The highest BCUT2D eigenvalue weighted by Gasteiger charge is 2.15. The van der Waals surface area contributed by atoms with Gasteiger partial charge in [0.1, 0.15) is 0 Å². The van der Waals surface area contributed by atoms with E-state index in [1.807, 2.05) is 18.2 Å². The van der Waals surface area contributed by atoms with E-state index in [4.69, 9.17) is 9.84 Å². The molecule has 92 valence electrons. The average Bonchev–Trinajstić information content (AvgIpc) is 2.34. The first-order chi connectivity index (χ1) is 8.24. The predicted octanol–water partition coefficient (Wildman–Crippen LogP) is 2.44. The molecule has 0 aromatic heterocycles. The van der Waals surface area contributed by atoms with Gasteiger partial charge in [0.2, 0.25) is 0 Å². The van der Waals surface area contributed by atoms with Crippen LogP contribution in [0.2, 0.25) is 0 Å². The van der Waals surface area contributed by atoms with Crippen LogP contribution in [0.1, 0.15) is 18.1 Å². The Morgan fingerprint density at radius 2 is 2.00 bits per heavy atom. The molecule has 1 unspecified atom stereocenters. The van der Waals surface area contributed by atoms with Gasteiger partial charge in [0.15, 0.2) is 0 Å². The number of carboxylic acids is 1. The Balaban J connectivity index is 2.55. The van der Waals surface area contributed by atoms with Gasteiger partial charge in [-0.3, -0.25) is 9.32 Å². The summed E-state index contributed by atoms with van der Waals surface area (Å²) in [6.45, 7) is 0.357. The minimum Gasteiger partial charge on any atom is -0.481 e. The molecule has 0 amide bonds. The van der Waals surface area contributed by atoms with E-state index >= 15 is 0 Å². The second kappa shape index (κ2) is 7.90. The Labute approximate surface area is 101 Å². The van der Waals surface area contributed by atoms with Crippen LogP contribution in [0.25, 0.3) is 0 Å². The molecule has 0 spiro atoms. The first-order valence-corrected chi connectivity index (χ1v) is 5.80. The zero-order valence-corrected chi connectivity index (χ0v) is 10.0. The summed E-state index contributed by atoms with van der Waals surface area (Å²) in [5.41, 5.74) is 0.801. The monoisotopic (exact) mass is 256 g/mol. The van der Waals surface area contributed by atoms with Crippen LogP contribution in [0, 0.1) is 0 Å². The predicted molar refractivity (Wildman–Crippen MR) is 60.9 cm³/mol. The molecule has 0 bridgehead atoms. The summed E-state index contributed by atoms with van der Waals surface area (Å²) in [6, 6.07) is 9.10. The fourth-order valence-electron chi connectivity index (χ4n) is 1.36. The second-order valence-corrected chi connectivity index (χ2v) is 3.68. The molecule has 0 radical (unpaired) electrons. The van der Waals surface area contributed by atoms with Crippen molar-refractivity contribution in [3.8, 4) is 0 Å². The van der Waals surface area contributed by atoms with E-state index in [2.05, 4.69) is 4.52 Å². The zero-order chi connectivity index (χ0) is 12.5. The molecule has 6 heteroatoms. The molecule has 0 aliphatic carbocycles. The first kappa shape index (κ1) is 13.8. The lowest BCUT2D eigenvalue weighted by molar-refractivity contribution is -0.140. The van der Waals surface area contributed by atoms with E-state index in [0.29, 0.717) is 0 Å². The fourth-order valence-corrected chi connectivity index (χ4v) is 1.51. The van der Waals surface area contributed by atoms with Crippen LogP contribution < -0.4 is 0 Å². The van der Waals surface area contributed by atoms with Crippen LogP contribution in [0.5, 0.6) is 0 Å². The Morgan fingerprint density at radius 3 is 2.59 bits per heavy atom. The quantitative estimate of drug-likeness (QED) is 0.571. The van der Waals surface area contributed by atoms with Gasteiger partial charge in [-0.25, -0.2) is 4.57 Å². The smallest absolute Gasteiger partial charge is 0.327 e. The number of ether oxygens (including phenoxy) is 1. The third kappa shape index (κ3) is 5.54. The number of hydrogen-bond acceptors (Lipinski definition) is 4. The maximum absolute atomic E-state index is 10.7. The molecular formula is C11H13O5P. The Kier molecular flexibility index (Phi) is 6.40. The molecule has 1 aromatic rings. The topological polar surface area (TPSA) is 72.8 Å². The lowest BCUT2D eigenvalue weighted by Gasteiger charge is -2.15. The molecule has 0 fully saturated rings. The second-order valence-electron chi connectivity index (χ2n) is 3.28. The molecule has 1 atom stereocenters. The van der Waals surface area contributed by atoms with Crippen LogP contribution in [0.15, 0.2) is 30.3 Å². The van der Waals surface area contributed by atoms with Crippen molar-refractivity contribution in [2.24, 2.45) is 0 Å². The largest absolute Gasteiger partial charge is 0.481 e. The Morgan fingerprint density at radius 1 is 1.29 bits per heavy atom. The highest BCUT2D eigenvalue weighted by atomic mass is 31.1. The van der Waals surface area contributed by atoms with Crippen LogP contribution in [0.3, 0.4) is 0 Å². The van der Waals surface area contributed by atoms with Crippen LogP contribution in [-0.2, 0) is 18.6 Å². The molecule has 1 aromatic carbocycles. The number of aliphatic carboxylic acids is 1. The van der Waals surface area contributed by atoms with Crippen LogP contribution in [-0.4, -0.2) is 24.3 Å². The van der Waals surface area contributed by atoms with Crippen molar-refractivity contribution in [2.75, 3.05) is 13.2 Å². The molecule has 5 nitrogen and oxygen atoms in total. The van der Waals surface area contributed by atoms with Gasteiger partial charge < -0.3 is 9.84 Å². The molecule has 1 N–H and O–H groups in total. The van der Waals surface area contributed by atoms with Crippen LogP contribution >= 0.6 is 8.69 Å². The van der Waals surface area contributed by atoms with Crippen molar-refractivity contribution in [1.29, 1.82) is 0 Å². The van der Waals surface area contributed by atoms with Crippen molar-refractivity contribution in [3.63, 3.8) is 0 Å². The zero-order valence-electron chi connectivity index (χ0n) is 9.11. The summed E-state index contributed by atoms with van der Waals surface area (Å²) in [6.07, 6.45) is -0.625. The number of benzene rings is 1. The lowest BCUT2D eigenvalue weighted by Crippen LogP contribution is -2.12. The van der Waals surface area contributed by atoms with Crippen molar-refractivity contribution < 1.29 is 23.7 Å². The maximum atomic E-state index is 10.7. The molecule has 1 rings (SSSR count). The van der Waals surface area contributed by atoms with Gasteiger partial charge in [0, 0.05) is 0 Å². The SMILES string of the molecule is O=POCCOC(CC(=O)O)c1ccccc1. The van der Waals surface area contributed by atoms with E-state index in [-0.39, 0.29) is 19.6 Å². The average molecular weight is 256 g/mol. The standard InChI is InChI=1S/C11H13O5P/c12-11(13)8-10(15-6-7-16-17-14)9-4-2-1-3-5-9/h1-5,10H,6-8H2,(H,12,13). The summed E-state index contributed by atoms with van der Waals surface area (Å²) in [5.74, 6) is -0.929. The van der Waals surface area contributed by atoms with Gasteiger partial charge in [-0.1, -0.05) is 30.3 Å². The van der Waals surface area contributed by atoms with E-state index < -0.39 is 20.8 Å². The van der Waals surface area contributed by atoms with E-state index in [0.717, 1.165) is 5.56 Å². The van der Waals surface area contributed by atoms with Crippen LogP contribution in [0.4, 0.5) is 0 Å². The van der Waals surface area contributed by atoms with E-state index in [1.54, 1.807) is 12.1 Å². The molecule has 0 aliphatic rings. The Hall–Kier alpha value is -1.29. The van der Waals surface area contributed by atoms with Crippen molar-refractivity contribution in [1.82, 2.24) is 0 Å². The highest BCUT2D eigenvalue weighted by Crippen LogP contribution is 2.20. The van der Waals surface area contributed by atoms with Gasteiger partial charge in [0.25, 0.3) is 0 Å². The summed E-state index contributed by atoms with van der Waals surface area (Å²) < 4.78 is 20.0. The Bertz CT molecular complexity index is 354. The molecule has 0 saturated heterocycles. The number of hydrogen-bond donors (Lipinski definition) is 1. The van der Waals surface area contributed by atoms with Gasteiger partial charge in [-0.05, 0) is 5.56 Å². The van der Waals surface area contributed by atoms with E-state index in [9.17, 15) is 9.36 Å². The third-order valence-corrected chi connectivity index (χ3v) is 2.37.